The maximum absolute atomic E-state index is 13.7. The van der Waals surface area contributed by atoms with Crippen LogP contribution >= 0.6 is 0 Å². The van der Waals surface area contributed by atoms with E-state index in [-0.39, 0.29) is 11.9 Å². The second-order valence-corrected chi connectivity index (χ2v) is 7.84. The van der Waals surface area contributed by atoms with Crippen LogP contribution in [0.3, 0.4) is 0 Å². The molecule has 1 fully saturated rings. The Bertz CT molecular complexity index is 1270. The maximum Gasteiger partial charge on any atom is 0.256 e. The normalized spacial score (nSPS) is 15.7. The quantitative estimate of drug-likeness (QED) is 0.486. The zero-order valence-electron chi connectivity index (χ0n) is 18.5. The Morgan fingerprint density at radius 2 is 2.03 bits per heavy atom. The fraction of sp³-hybridized carbons (Fsp3) is 0.304. The minimum atomic E-state index is -0.204. The van der Waals surface area contributed by atoms with E-state index in [1.54, 1.807) is 18.6 Å². The van der Waals surface area contributed by atoms with E-state index < -0.39 is 0 Å². The van der Waals surface area contributed by atoms with Crippen LogP contribution in [-0.4, -0.2) is 59.1 Å². The summed E-state index contributed by atoms with van der Waals surface area (Å²) in [4.78, 5) is 24.6. The third kappa shape index (κ3) is 3.95. The summed E-state index contributed by atoms with van der Waals surface area (Å²) in [6, 6.07) is 9.21. The van der Waals surface area contributed by atoms with Gasteiger partial charge in [0.1, 0.15) is 0 Å². The lowest BCUT2D eigenvalue weighted by molar-refractivity contribution is 0.0729. The van der Waals surface area contributed by atoms with Gasteiger partial charge in [0.2, 0.25) is 5.88 Å². The maximum atomic E-state index is 13.7. The molecule has 3 aromatic heterocycles. The number of carbonyl (C=O) groups excluding carboxylic acids is 1. The second-order valence-electron chi connectivity index (χ2n) is 7.84. The van der Waals surface area contributed by atoms with Crippen LogP contribution in [0.4, 0.5) is 0 Å². The van der Waals surface area contributed by atoms with E-state index >= 15 is 0 Å². The lowest BCUT2D eigenvalue weighted by Gasteiger charge is -2.24. The zero-order chi connectivity index (χ0) is 22.8. The van der Waals surface area contributed by atoms with Crippen molar-refractivity contribution in [3.8, 4) is 23.0 Å². The Balaban J connectivity index is 1.46. The molecule has 10 nitrogen and oxygen atoms in total. The van der Waals surface area contributed by atoms with Crippen LogP contribution in [0.15, 0.2) is 48.9 Å². The number of pyridine rings is 1. The van der Waals surface area contributed by atoms with E-state index in [1.807, 2.05) is 49.1 Å². The van der Waals surface area contributed by atoms with E-state index in [9.17, 15) is 4.79 Å². The van der Waals surface area contributed by atoms with Crippen molar-refractivity contribution in [1.82, 2.24) is 40.1 Å². The monoisotopic (exact) mass is 444 g/mol. The van der Waals surface area contributed by atoms with Gasteiger partial charge >= 0.3 is 0 Å². The highest BCUT2D eigenvalue weighted by atomic mass is 16.5. The second kappa shape index (κ2) is 8.81. The van der Waals surface area contributed by atoms with Crippen molar-refractivity contribution >= 4 is 5.91 Å². The summed E-state index contributed by atoms with van der Waals surface area (Å²) in [6.45, 7) is 5.01. The van der Waals surface area contributed by atoms with Crippen molar-refractivity contribution in [2.45, 2.75) is 32.7 Å². The molecule has 1 saturated heterocycles. The van der Waals surface area contributed by atoms with Crippen LogP contribution < -0.4 is 4.74 Å². The molecule has 0 unspecified atom stereocenters. The summed E-state index contributed by atoms with van der Waals surface area (Å²) in [5.41, 5.74) is 2.94. The van der Waals surface area contributed by atoms with Gasteiger partial charge < -0.3 is 14.6 Å². The van der Waals surface area contributed by atoms with Crippen LogP contribution in [0.25, 0.3) is 17.1 Å². The molecule has 1 aromatic carbocycles. The first-order valence-electron chi connectivity index (χ1n) is 10.9. The molecular weight excluding hydrogens is 420 g/mol. The Morgan fingerprint density at radius 1 is 1.18 bits per heavy atom. The van der Waals surface area contributed by atoms with Gasteiger partial charge in [-0.25, -0.2) is 4.98 Å². The fourth-order valence-corrected chi connectivity index (χ4v) is 4.15. The number of carbonyl (C=O) groups is 1. The minimum absolute atomic E-state index is 0.0807. The van der Waals surface area contributed by atoms with Crippen molar-refractivity contribution < 1.29 is 9.53 Å². The van der Waals surface area contributed by atoms with Crippen molar-refractivity contribution in [1.29, 1.82) is 0 Å². The highest BCUT2D eigenvalue weighted by Crippen LogP contribution is 2.34. The number of H-pyrrole nitrogens is 1. The Labute approximate surface area is 190 Å². The standard InChI is InChI=1S/C23H24N8O2/c1-3-33-22-16(6-4-10-24-22)20-27-21(29-28-20)19-7-5-13-30(19)23(32)17-14-15(2)8-9-18(17)31-25-11-12-26-31/h4,6,8-12,14,19H,3,5,7,13H2,1-2H3,(H,27,28,29)/t19-/m0/s1. The molecule has 1 atom stereocenters. The summed E-state index contributed by atoms with van der Waals surface area (Å²) in [7, 11) is 0. The van der Waals surface area contributed by atoms with Gasteiger partial charge in [0.25, 0.3) is 5.91 Å². The average Bonchev–Trinajstić information content (AvgIpc) is 3.60. The summed E-state index contributed by atoms with van der Waals surface area (Å²) < 4.78 is 5.63. The number of hydrogen-bond acceptors (Lipinski definition) is 7. The van der Waals surface area contributed by atoms with Gasteiger partial charge in [-0.2, -0.15) is 15.0 Å². The van der Waals surface area contributed by atoms with Crippen molar-refractivity contribution in [3.05, 3.63) is 65.9 Å². The van der Waals surface area contributed by atoms with Gasteiger partial charge in [0, 0.05) is 12.7 Å². The third-order valence-corrected chi connectivity index (χ3v) is 5.66. The SMILES string of the molecule is CCOc1ncccc1-c1nnc([C@@H]2CCCN2C(=O)c2cc(C)ccc2-n2nccn2)[nH]1. The predicted molar refractivity (Wildman–Crippen MR) is 120 cm³/mol. The first-order valence-corrected chi connectivity index (χ1v) is 10.9. The molecule has 0 radical (unpaired) electrons. The first-order chi connectivity index (χ1) is 16.2. The van der Waals surface area contributed by atoms with Crippen LogP contribution in [-0.2, 0) is 0 Å². The number of nitrogens with one attached hydrogen (secondary N) is 1. The van der Waals surface area contributed by atoms with Crippen LogP contribution in [0.1, 0.15) is 47.6 Å². The van der Waals surface area contributed by atoms with Crippen molar-refractivity contribution in [2.75, 3.05) is 13.2 Å². The molecule has 1 amide bonds. The lowest BCUT2D eigenvalue weighted by atomic mass is 10.1. The average molecular weight is 444 g/mol. The molecule has 0 saturated carbocycles. The lowest BCUT2D eigenvalue weighted by Crippen LogP contribution is -2.32. The molecule has 1 aliphatic heterocycles. The van der Waals surface area contributed by atoms with E-state index in [1.165, 1.54) is 4.80 Å². The molecule has 0 bridgehead atoms. The molecule has 0 aliphatic carbocycles. The van der Waals surface area contributed by atoms with Crippen LogP contribution in [0, 0.1) is 6.92 Å². The molecular formula is C23H24N8O2. The molecule has 33 heavy (non-hydrogen) atoms. The number of benzene rings is 1. The number of aromatic nitrogens is 7. The van der Waals surface area contributed by atoms with Gasteiger partial charge in [0.05, 0.1) is 41.9 Å². The fourth-order valence-electron chi connectivity index (χ4n) is 4.15. The highest BCUT2D eigenvalue weighted by molar-refractivity contribution is 5.98. The molecule has 5 rings (SSSR count). The van der Waals surface area contributed by atoms with E-state index in [2.05, 4.69) is 30.4 Å². The molecule has 1 aliphatic rings. The Morgan fingerprint density at radius 3 is 2.85 bits per heavy atom. The predicted octanol–water partition coefficient (Wildman–Crippen LogP) is 3.13. The summed E-state index contributed by atoms with van der Waals surface area (Å²) >= 11 is 0. The highest BCUT2D eigenvalue weighted by Gasteiger charge is 2.34. The molecule has 168 valence electrons. The zero-order valence-corrected chi connectivity index (χ0v) is 18.5. The minimum Gasteiger partial charge on any atom is -0.477 e. The van der Waals surface area contributed by atoms with E-state index in [4.69, 9.17) is 4.74 Å². The number of ether oxygens (including phenoxy) is 1. The van der Waals surface area contributed by atoms with Gasteiger partial charge in [-0.1, -0.05) is 11.6 Å². The van der Waals surface area contributed by atoms with Crippen LogP contribution in [0.5, 0.6) is 5.88 Å². The third-order valence-electron chi connectivity index (χ3n) is 5.66. The number of hydrogen-bond donors (Lipinski definition) is 1. The Kier molecular flexibility index (Phi) is 5.55. The van der Waals surface area contributed by atoms with E-state index in [0.717, 1.165) is 24.0 Å². The summed E-state index contributed by atoms with van der Waals surface area (Å²) in [5.74, 6) is 1.63. The van der Waals surface area contributed by atoms with Gasteiger partial charge in [-0.05, 0) is 51.0 Å². The van der Waals surface area contributed by atoms with Gasteiger partial charge in [-0.3, -0.25) is 4.79 Å². The largest absolute Gasteiger partial charge is 0.477 e. The van der Waals surface area contributed by atoms with Gasteiger partial charge in [0.15, 0.2) is 11.6 Å². The van der Waals surface area contributed by atoms with Gasteiger partial charge in [-0.15, -0.1) is 10.2 Å². The van der Waals surface area contributed by atoms with Crippen LogP contribution in [0.2, 0.25) is 0 Å². The number of aromatic amines is 1. The first kappa shape index (κ1) is 20.8. The Hall–Kier alpha value is -4.08. The molecule has 1 N–H and O–H groups in total. The number of aryl methyl sites for hydroxylation is 1. The molecule has 4 aromatic rings. The van der Waals surface area contributed by atoms with E-state index in [0.29, 0.717) is 41.9 Å². The molecule has 10 heteroatoms. The summed E-state index contributed by atoms with van der Waals surface area (Å²) in [6.07, 6.45) is 6.55. The topological polar surface area (TPSA) is 115 Å². The number of amides is 1. The van der Waals surface area contributed by atoms with Crippen molar-refractivity contribution in [2.24, 2.45) is 0 Å². The number of likely N-dealkylation sites (tertiary alicyclic amines) is 1. The summed E-state index contributed by atoms with van der Waals surface area (Å²) in [5, 5.41) is 17.1. The molecule has 4 heterocycles. The smallest absolute Gasteiger partial charge is 0.256 e. The van der Waals surface area contributed by atoms with Crippen molar-refractivity contribution in [3.63, 3.8) is 0 Å². The number of rotatable bonds is 6. The molecule has 0 spiro atoms. The number of nitrogens with zero attached hydrogens (tertiary/aromatic N) is 7.